The molecule has 0 radical (unpaired) electrons. The molecule has 2 unspecified atom stereocenters. The highest BCUT2D eigenvalue weighted by Crippen LogP contribution is 2.43. The molecule has 432 valence electrons. The molecule has 2 atom stereocenters. The lowest BCUT2D eigenvalue weighted by Crippen LogP contribution is -2.29. The molecule has 0 aliphatic rings. The zero-order valence-corrected chi connectivity index (χ0v) is 49.2. The summed E-state index contributed by atoms with van der Waals surface area (Å²) < 4.78 is 33.0. The lowest BCUT2D eigenvalue weighted by Gasteiger charge is -2.19. The molecule has 0 saturated heterocycles. The first kappa shape index (κ1) is 71.7. The summed E-state index contributed by atoms with van der Waals surface area (Å²) in [6.45, 7) is 3.67. The number of phosphoric ester groups is 1. The Bertz CT molecular complexity index is 1390. The molecule has 0 aromatic rings. The summed E-state index contributed by atoms with van der Waals surface area (Å²) in [5.74, 6) is -0.811. The lowest BCUT2D eigenvalue weighted by molar-refractivity contribution is -0.161. The fraction of sp³-hybridized carbons (Fsp3) is 0.812. The van der Waals surface area contributed by atoms with Crippen LogP contribution < -0.4 is 5.73 Å². The molecular formula is C64H118NO8P. The monoisotopic (exact) mass is 1060 g/mol. The van der Waals surface area contributed by atoms with E-state index in [0.29, 0.717) is 6.42 Å². The van der Waals surface area contributed by atoms with Gasteiger partial charge in [0, 0.05) is 19.4 Å². The SMILES string of the molecule is CC/C=C\C/C=C\C/C=C\C/C=C\C/C=C\CCCCCCCCCCCCCCCCCCCCCCCCCC(=O)OC(COC(=O)CCCCCCCCCCCCCCCC)COP(=O)(O)OCCN. The Hall–Kier alpha value is -2.29. The molecule has 0 bridgehead atoms. The van der Waals surface area contributed by atoms with E-state index >= 15 is 0 Å². The maximum atomic E-state index is 12.7. The normalized spacial score (nSPS) is 13.4. The number of esters is 2. The predicted octanol–water partition coefficient (Wildman–Crippen LogP) is 19.9. The Morgan fingerprint density at radius 2 is 0.743 bits per heavy atom. The molecule has 0 saturated carbocycles. The molecule has 3 N–H and O–H groups in total. The van der Waals surface area contributed by atoms with Gasteiger partial charge in [-0.3, -0.25) is 18.6 Å². The number of hydrogen-bond donors (Lipinski definition) is 2. The van der Waals surface area contributed by atoms with Crippen LogP contribution in [0.4, 0.5) is 0 Å². The summed E-state index contributed by atoms with van der Waals surface area (Å²) in [5, 5.41) is 0. The molecule has 74 heavy (non-hydrogen) atoms. The summed E-state index contributed by atoms with van der Waals surface area (Å²) >= 11 is 0. The first-order valence-corrected chi connectivity index (χ1v) is 32.8. The Balaban J connectivity index is 3.76. The van der Waals surface area contributed by atoms with E-state index in [-0.39, 0.29) is 38.6 Å². The topological polar surface area (TPSA) is 134 Å². The number of nitrogens with two attached hydrogens (primary N) is 1. The first-order chi connectivity index (χ1) is 36.3. The number of hydrogen-bond acceptors (Lipinski definition) is 8. The van der Waals surface area contributed by atoms with Crippen LogP contribution in [-0.2, 0) is 32.7 Å². The van der Waals surface area contributed by atoms with Crippen LogP contribution >= 0.6 is 7.82 Å². The minimum Gasteiger partial charge on any atom is -0.462 e. The third kappa shape index (κ3) is 59.0. The van der Waals surface area contributed by atoms with Crippen LogP contribution in [0.15, 0.2) is 60.8 Å². The van der Waals surface area contributed by atoms with Gasteiger partial charge in [0.15, 0.2) is 6.10 Å². The van der Waals surface area contributed by atoms with Crippen LogP contribution in [-0.4, -0.2) is 49.3 Å². The summed E-state index contributed by atoms with van der Waals surface area (Å²) in [5.41, 5.74) is 5.38. The minimum atomic E-state index is -4.38. The van der Waals surface area contributed by atoms with E-state index in [9.17, 15) is 19.0 Å². The Kier molecular flexibility index (Phi) is 58.1. The number of carbonyl (C=O) groups excluding carboxylic acids is 2. The van der Waals surface area contributed by atoms with Crippen molar-refractivity contribution < 1.29 is 37.6 Å². The molecule has 0 rings (SSSR count). The predicted molar refractivity (Wildman–Crippen MR) is 316 cm³/mol. The molecule has 0 aliphatic carbocycles. The van der Waals surface area contributed by atoms with Crippen LogP contribution in [0.3, 0.4) is 0 Å². The molecule has 0 aliphatic heterocycles. The first-order valence-electron chi connectivity index (χ1n) is 31.3. The zero-order chi connectivity index (χ0) is 53.8. The fourth-order valence-corrected chi connectivity index (χ4v) is 9.84. The Morgan fingerprint density at radius 3 is 1.11 bits per heavy atom. The number of unbranched alkanes of at least 4 members (excludes halogenated alkanes) is 36. The van der Waals surface area contributed by atoms with Crippen LogP contribution in [0.5, 0.6) is 0 Å². The van der Waals surface area contributed by atoms with E-state index in [0.717, 1.165) is 64.2 Å². The summed E-state index contributed by atoms with van der Waals surface area (Å²) in [6.07, 6.45) is 76.0. The van der Waals surface area contributed by atoms with E-state index in [1.54, 1.807) is 0 Å². The second-order valence-electron chi connectivity index (χ2n) is 20.9. The van der Waals surface area contributed by atoms with Gasteiger partial charge in [-0.05, 0) is 57.8 Å². The van der Waals surface area contributed by atoms with Crippen molar-refractivity contribution in [1.82, 2.24) is 0 Å². The van der Waals surface area contributed by atoms with E-state index in [1.165, 1.54) is 205 Å². The van der Waals surface area contributed by atoms with E-state index in [2.05, 4.69) is 74.6 Å². The molecule has 0 heterocycles. The van der Waals surface area contributed by atoms with Gasteiger partial charge in [0.1, 0.15) is 6.61 Å². The van der Waals surface area contributed by atoms with Gasteiger partial charge >= 0.3 is 19.8 Å². The maximum Gasteiger partial charge on any atom is 0.472 e. The van der Waals surface area contributed by atoms with Gasteiger partial charge in [-0.25, -0.2) is 4.57 Å². The van der Waals surface area contributed by atoms with Crippen molar-refractivity contribution >= 4 is 19.8 Å². The maximum absolute atomic E-state index is 12.7. The van der Waals surface area contributed by atoms with Crippen molar-refractivity contribution in [3.05, 3.63) is 60.8 Å². The highest BCUT2D eigenvalue weighted by atomic mass is 31.2. The van der Waals surface area contributed by atoms with Crippen LogP contribution in [0.25, 0.3) is 0 Å². The van der Waals surface area contributed by atoms with Gasteiger partial charge in [-0.1, -0.05) is 293 Å². The van der Waals surface area contributed by atoms with Gasteiger partial charge < -0.3 is 20.1 Å². The van der Waals surface area contributed by atoms with Gasteiger partial charge in [-0.2, -0.15) is 0 Å². The number of allylic oxidation sites excluding steroid dienone is 10. The molecule has 0 amide bonds. The third-order valence-electron chi connectivity index (χ3n) is 13.7. The molecule has 0 spiro atoms. The van der Waals surface area contributed by atoms with Crippen LogP contribution in [0, 0.1) is 0 Å². The average Bonchev–Trinajstić information content (AvgIpc) is 3.39. The number of ether oxygens (including phenoxy) is 2. The van der Waals surface area contributed by atoms with Crippen molar-refractivity contribution in [1.29, 1.82) is 0 Å². The molecule has 0 fully saturated rings. The summed E-state index contributed by atoms with van der Waals surface area (Å²) in [4.78, 5) is 35.1. The number of carbonyl (C=O) groups is 2. The Labute approximate surface area is 457 Å². The fourth-order valence-electron chi connectivity index (χ4n) is 9.08. The second-order valence-corrected chi connectivity index (χ2v) is 22.4. The van der Waals surface area contributed by atoms with Gasteiger partial charge in [0.25, 0.3) is 0 Å². The molecule has 10 heteroatoms. The largest absolute Gasteiger partial charge is 0.472 e. The molecular weight excluding hydrogens is 942 g/mol. The van der Waals surface area contributed by atoms with Crippen LogP contribution in [0.1, 0.15) is 303 Å². The van der Waals surface area contributed by atoms with Gasteiger partial charge in [0.05, 0.1) is 13.2 Å². The quantitative estimate of drug-likeness (QED) is 0.0264. The molecule has 9 nitrogen and oxygen atoms in total. The van der Waals surface area contributed by atoms with Crippen molar-refractivity contribution in [3.63, 3.8) is 0 Å². The summed E-state index contributed by atoms with van der Waals surface area (Å²) in [7, 11) is -4.38. The lowest BCUT2D eigenvalue weighted by atomic mass is 10.0. The van der Waals surface area contributed by atoms with Gasteiger partial charge in [-0.15, -0.1) is 0 Å². The highest BCUT2D eigenvalue weighted by Gasteiger charge is 2.26. The minimum absolute atomic E-state index is 0.0555. The van der Waals surface area contributed by atoms with Crippen molar-refractivity contribution in [2.24, 2.45) is 5.73 Å². The standard InChI is InChI=1S/C64H118NO8P/c1-3-5-7-9-11-13-15-17-19-20-21-22-23-24-25-26-27-28-29-30-31-32-33-34-35-36-37-38-39-40-41-42-43-45-47-49-51-53-55-57-64(67)73-62(61-72-74(68,69)71-59-58-65)60-70-63(66)56-54-52-50-48-46-44-18-16-14-12-10-8-6-4-2/h5,7,11,13,17,19,21-22,24-25,62H,3-4,6,8-10,12,14-16,18,20,23,26-61,65H2,1-2H3,(H,68,69)/b7-5-,13-11-,19-17-,22-21-,25-24-. The zero-order valence-electron chi connectivity index (χ0n) is 48.3. The molecule has 0 aromatic carbocycles. The van der Waals surface area contributed by atoms with E-state index < -0.39 is 26.5 Å². The average molecular weight is 1060 g/mol. The number of phosphoric acid groups is 1. The van der Waals surface area contributed by atoms with Crippen molar-refractivity contribution in [2.75, 3.05) is 26.4 Å². The molecule has 0 aromatic heterocycles. The second kappa shape index (κ2) is 59.9. The number of rotatable bonds is 59. The smallest absolute Gasteiger partial charge is 0.462 e. The summed E-state index contributed by atoms with van der Waals surface area (Å²) in [6, 6.07) is 0. The van der Waals surface area contributed by atoms with Crippen LogP contribution in [0.2, 0.25) is 0 Å². The van der Waals surface area contributed by atoms with E-state index in [1.807, 2.05) is 0 Å². The van der Waals surface area contributed by atoms with Crippen molar-refractivity contribution in [3.8, 4) is 0 Å². The Morgan fingerprint density at radius 1 is 0.419 bits per heavy atom. The van der Waals surface area contributed by atoms with E-state index in [4.69, 9.17) is 24.3 Å². The highest BCUT2D eigenvalue weighted by molar-refractivity contribution is 7.47. The third-order valence-corrected chi connectivity index (χ3v) is 14.7. The van der Waals surface area contributed by atoms with Crippen molar-refractivity contribution in [2.45, 2.75) is 309 Å². The van der Waals surface area contributed by atoms with Gasteiger partial charge in [0.2, 0.25) is 0 Å².